The molecule has 3 aliphatic carbocycles. The zero-order chi connectivity index (χ0) is 11.4. The highest BCUT2D eigenvalue weighted by atomic mass is 79.9. The first-order valence-corrected chi connectivity index (χ1v) is 5.94. The van der Waals surface area contributed by atoms with Crippen molar-refractivity contribution in [2.24, 2.45) is 5.92 Å². The van der Waals surface area contributed by atoms with Crippen molar-refractivity contribution in [3.63, 3.8) is 0 Å². The van der Waals surface area contributed by atoms with Crippen molar-refractivity contribution in [2.45, 2.75) is 18.8 Å². The maximum Gasteiger partial charge on any atom is 0.229 e. The van der Waals surface area contributed by atoms with Crippen molar-refractivity contribution in [1.82, 2.24) is 0 Å². The van der Waals surface area contributed by atoms with E-state index in [-0.39, 0.29) is 27.9 Å². The summed E-state index contributed by atoms with van der Waals surface area (Å²) >= 11 is 3.04. The Morgan fingerprint density at radius 3 is 2.56 bits per heavy atom. The van der Waals surface area contributed by atoms with Gasteiger partial charge >= 0.3 is 0 Å². The summed E-state index contributed by atoms with van der Waals surface area (Å²) in [6.07, 6.45) is 1.39. The van der Waals surface area contributed by atoms with Gasteiger partial charge in [0.2, 0.25) is 11.6 Å². The van der Waals surface area contributed by atoms with E-state index in [1.807, 2.05) is 0 Å². The normalized spacial score (nSPS) is 27.1. The summed E-state index contributed by atoms with van der Waals surface area (Å²) in [5.74, 6) is -1.09. The van der Waals surface area contributed by atoms with Gasteiger partial charge in [0.05, 0.1) is 4.47 Å². The van der Waals surface area contributed by atoms with E-state index in [0.29, 0.717) is 24.0 Å². The van der Waals surface area contributed by atoms with Gasteiger partial charge in [-0.25, -0.2) is 4.39 Å². The molecule has 1 aromatic carbocycles. The predicted molar refractivity (Wildman–Crippen MR) is 58.9 cm³/mol. The minimum Gasteiger partial charge on any atom is -0.290 e. The molecule has 0 saturated heterocycles. The quantitative estimate of drug-likeness (QED) is 0.686. The van der Waals surface area contributed by atoms with Crippen LogP contribution in [0.25, 0.3) is 0 Å². The first-order chi connectivity index (χ1) is 7.58. The number of carbonyl (C=O) groups excluding carboxylic acids is 2. The third-order valence-electron chi connectivity index (χ3n) is 3.51. The van der Waals surface area contributed by atoms with Crippen LogP contribution >= 0.6 is 15.9 Å². The molecule has 0 amide bonds. The molecule has 3 aliphatic rings. The van der Waals surface area contributed by atoms with Crippen LogP contribution in [0, 0.1) is 11.7 Å². The van der Waals surface area contributed by atoms with Gasteiger partial charge in [-0.05, 0) is 52.4 Å². The van der Waals surface area contributed by atoms with Gasteiger partial charge in [0.15, 0.2) is 0 Å². The van der Waals surface area contributed by atoms with Crippen LogP contribution in [-0.4, -0.2) is 11.6 Å². The predicted octanol–water partition coefficient (Wildman–Crippen LogP) is 2.85. The highest BCUT2D eigenvalue weighted by Gasteiger charge is 2.44. The van der Waals surface area contributed by atoms with E-state index in [1.54, 1.807) is 0 Å². The molecule has 0 aliphatic heterocycles. The Balaban J connectivity index is 2.24. The van der Waals surface area contributed by atoms with Crippen molar-refractivity contribution < 1.29 is 14.0 Å². The fraction of sp³-hybridized carbons (Fsp3) is 0.333. The molecule has 0 heterocycles. The number of carbonyl (C=O) groups is 2. The molecule has 1 aromatic rings. The van der Waals surface area contributed by atoms with Gasteiger partial charge in [0.1, 0.15) is 5.82 Å². The zero-order valence-corrected chi connectivity index (χ0v) is 9.88. The second kappa shape index (κ2) is 3.23. The van der Waals surface area contributed by atoms with Crippen molar-refractivity contribution >= 4 is 27.5 Å². The van der Waals surface area contributed by atoms with Crippen LogP contribution in [0.2, 0.25) is 0 Å². The smallest absolute Gasteiger partial charge is 0.229 e. The highest BCUT2D eigenvalue weighted by molar-refractivity contribution is 9.10. The Kier molecular flexibility index (Phi) is 2.05. The van der Waals surface area contributed by atoms with Crippen LogP contribution in [0.1, 0.15) is 34.7 Å². The van der Waals surface area contributed by atoms with Gasteiger partial charge in [-0.2, -0.15) is 0 Å². The highest BCUT2D eigenvalue weighted by Crippen LogP contribution is 2.47. The van der Waals surface area contributed by atoms with Crippen LogP contribution in [0.4, 0.5) is 4.39 Å². The largest absolute Gasteiger partial charge is 0.290 e. The maximum absolute atomic E-state index is 13.4. The van der Waals surface area contributed by atoms with E-state index in [0.717, 1.165) is 0 Å². The van der Waals surface area contributed by atoms with Gasteiger partial charge in [-0.1, -0.05) is 0 Å². The summed E-state index contributed by atoms with van der Waals surface area (Å²) in [6.45, 7) is 0. The van der Waals surface area contributed by atoms with Gasteiger partial charge in [-0.3, -0.25) is 9.59 Å². The summed E-state index contributed by atoms with van der Waals surface area (Å²) in [6, 6.07) is 2.82. The molecule has 0 radical (unpaired) electrons. The Morgan fingerprint density at radius 2 is 1.88 bits per heavy atom. The molecule has 0 unspecified atom stereocenters. The number of halogens is 2. The molecule has 16 heavy (non-hydrogen) atoms. The lowest BCUT2D eigenvalue weighted by Gasteiger charge is -2.31. The van der Waals surface area contributed by atoms with E-state index in [9.17, 15) is 14.0 Å². The molecule has 2 bridgehead atoms. The molecule has 4 heteroatoms. The molecule has 82 valence electrons. The first-order valence-electron chi connectivity index (χ1n) is 5.15. The van der Waals surface area contributed by atoms with Crippen LogP contribution in [0.3, 0.4) is 0 Å². The molecule has 0 aromatic heterocycles. The minimum atomic E-state index is -0.458. The molecular formula is C12H8BrFO2. The summed E-state index contributed by atoms with van der Waals surface area (Å²) in [5, 5.41) is 0. The van der Waals surface area contributed by atoms with E-state index in [4.69, 9.17) is 0 Å². The molecule has 0 N–H and O–H groups in total. The molecular weight excluding hydrogens is 275 g/mol. The van der Waals surface area contributed by atoms with E-state index in [2.05, 4.69) is 15.9 Å². The Hall–Kier alpha value is -1.03. The second-order valence-corrected chi connectivity index (χ2v) is 5.27. The lowest BCUT2D eigenvalue weighted by atomic mass is 9.72. The standard InChI is InChI=1S/C12H8BrFO2/c13-9-3-8-7(4-10(9)14)5-1-6(2-5)11(15)12(8)16/h3-6H,1-2H2. The maximum atomic E-state index is 13.4. The number of Topliss-reactive ketones (excluding diaryl/α,β-unsaturated/α-hetero) is 2. The third kappa shape index (κ3) is 1.22. The minimum absolute atomic E-state index is 0.133. The van der Waals surface area contributed by atoms with Crippen molar-refractivity contribution in [1.29, 1.82) is 0 Å². The van der Waals surface area contributed by atoms with Gasteiger partial charge in [-0.15, -0.1) is 0 Å². The van der Waals surface area contributed by atoms with Crippen molar-refractivity contribution in [3.8, 4) is 0 Å². The van der Waals surface area contributed by atoms with Crippen molar-refractivity contribution in [2.75, 3.05) is 0 Å². The topological polar surface area (TPSA) is 34.1 Å². The fourth-order valence-electron chi connectivity index (χ4n) is 2.50. The average molecular weight is 283 g/mol. The molecule has 1 fully saturated rings. The number of fused-ring (bicyclic) bond motifs is 1. The zero-order valence-electron chi connectivity index (χ0n) is 8.30. The lowest BCUT2D eigenvalue weighted by Crippen LogP contribution is -2.29. The van der Waals surface area contributed by atoms with Crippen LogP contribution in [0.5, 0.6) is 0 Å². The van der Waals surface area contributed by atoms with Crippen LogP contribution < -0.4 is 0 Å². The summed E-state index contributed by atoms with van der Waals surface area (Å²) in [4.78, 5) is 23.5. The molecule has 0 spiro atoms. The Labute approximate surface area is 100.0 Å². The molecule has 0 atom stereocenters. The summed E-state index contributed by atoms with van der Waals surface area (Å²) < 4.78 is 13.7. The molecule has 1 saturated carbocycles. The van der Waals surface area contributed by atoms with Crippen LogP contribution in [-0.2, 0) is 4.79 Å². The number of rotatable bonds is 0. The van der Waals surface area contributed by atoms with E-state index < -0.39 is 5.78 Å². The number of benzene rings is 1. The summed E-state index contributed by atoms with van der Waals surface area (Å²) in [7, 11) is 0. The van der Waals surface area contributed by atoms with Crippen molar-refractivity contribution in [3.05, 3.63) is 33.5 Å². The third-order valence-corrected chi connectivity index (χ3v) is 4.12. The first kappa shape index (κ1) is 10.1. The van der Waals surface area contributed by atoms with E-state index in [1.165, 1.54) is 12.1 Å². The Bertz CT molecular complexity index is 518. The lowest BCUT2D eigenvalue weighted by molar-refractivity contribution is -0.121. The number of ketones is 2. The SMILES string of the molecule is O=C1C(=O)C2CC(C2)c2cc(F)c(Br)cc21. The van der Waals surface area contributed by atoms with Gasteiger partial charge in [0, 0.05) is 11.5 Å². The average Bonchev–Trinajstić information content (AvgIpc) is 2.32. The molecule has 2 nitrogen and oxygen atoms in total. The van der Waals surface area contributed by atoms with Gasteiger partial charge in [0.25, 0.3) is 0 Å². The number of hydrogen-bond donors (Lipinski definition) is 0. The molecule has 4 rings (SSSR count). The second-order valence-electron chi connectivity index (χ2n) is 4.41. The van der Waals surface area contributed by atoms with E-state index >= 15 is 0 Å². The monoisotopic (exact) mass is 282 g/mol. The Morgan fingerprint density at radius 1 is 1.19 bits per heavy atom. The number of hydrogen-bond acceptors (Lipinski definition) is 2. The fourth-order valence-corrected chi connectivity index (χ4v) is 2.84. The van der Waals surface area contributed by atoms with Crippen LogP contribution in [0.15, 0.2) is 16.6 Å². The summed E-state index contributed by atoms with van der Waals surface area (Å²) in [5.41, 5.74) is 1.08. The van der Waals surface area contributed by atoms with Gasteiger partial charge < -0.3 is 0 Å².